The van der Waals surface area contributed by atoms with Crippen molar-refractivity contribution in [2.24, 2.45) is 0 Å². The van der Waals surface area contributed by atoms with Crippen molar-refractivity contribution >= 4 is 11.9 Å². The van der Waals surface area contributed by atoms with E-state index in [-0.39, 0.29) is 24.4 Å². The first-order valence-electron chi connectivity index (χ1n) is 8.21. The Morgan fingerprint density at radius 1 is 1.14 bits per heavy atom. The highest BCUT2D eigenvalue weighted by atomic mass is 16.4. The molecule has 2 fully saturated rings. The molecule has 4 atom stereocenters. The van der Waals surface area contributed by atoms with E-state index < -0.39 is 5.97 Å². The Morgan fingerprint density at radius 3 is 2.33 bits per heavy atom. The van der Waals surface area contributed by atoms with Crippen molar-refractivity contribution < 1.29 is 14.7 Å². The highest BCUT2D eigenvalue weighted by molar-refractivity contribution is 5.82. The molecule has 21 heavy (non-hydrogen) atoms. The Labute approximate surface area is 127 Å². The zero-order chi connectivity index (χ0) is 15.6. The first-order chi connectivity index (χ1) is 9.91. The topological polar surface area (TPSA) is 60.9 Å². The molecule has 1 amide bonds. The van der Waals surface area contributed by atoms with Gasteiger partial charge in [0.05, 0.1) is 12.5 Å². The van der Waals surface area contributed by atoms with Gasteiger partial charge in [0.15, 0.2) is 0 Å². The fourth-order valence-electron chi connectivity index (χ4n) is 4.05. The molecule has 5 heteroatoms. The van der Waals surface area contributed by atoms with Crippen LogP contribution in [0.3, 0.4) is 0 Å². The maximum atomic E-state index is 12.9. The molecule has 0 bridgehead atoms. The fraction of sp³-hybridized carbons (Fsp3) is 0.875. The molecule has 0 aromatic heterocycles. The predicted octanol–water partition coefficient (Wildman–Crippen LogP) is 2.10. The van der Waals surface area contributed by atoms with Gasteiger partial charge in [-0.2, -0.15) is 0 Å². The second kappa shape index (κ2) is 6.77. The third-order valence-electron chi connectivity index (χ3n) is 5.15. The van der Waals surface area contributed by atoms with Crippen LogP contribution in [-0.4, -0.2) is 57.5 Å². The van der Waals surface area contributed by atoms with Crippen molar-refractivity contribution in [3.8, 4) is 0 Å². The highest BCUT2D eigenvalue weighted by Gasteiger charge is 2.38. The van der Waals surface area contributed by atoms with Crippen LogP contribution in [0, 0.1) is 0 Å². The summed E-state index contributed by atoms with van der Waals surface area (Å²) >= 11 is 0. The number of hydrogen-bond donors (Lipinski definition) is 1. The summed E-state index contributed by atoms with van der Waals surface area (Å²) in [4.78, 5) is 28.0. The number of nitrogens with zero attached hydrogens (tertiary/aromatic N) is 2. The summed E-state index contributed by atoms with van der Waals surface area (Å²) in [6.45, 7) is 7.04. The second-order valence-corrected chi connectivity index (χ2v) is 6.68. The lowest BCUT2D eigenvalue weighted by molar-refractivity contribution is -0.145. The standard InChI is InChI=1S/C16H28N2O3/c1-11-7-8-12(2)18(11)13(3)16(21)17-9-5-4-6-14(17)10-15(19)20/h11-14H,4-10H2,1-3H3,(H,19,20). The molecule has 4 unspecified atom stereocenters. The number of aliphatic carboxylic acids is 1. The van der Waals surface area contributed by atoms with E-state index in [9.17, 15) is 9.59 Å². The van der Waals surface area contributed by atoms with Gasteiger partial charge in [-0.15, -0.1) is 0 Å². The van der Waals surface area contributed by atoms with Gasteiger partial charge in [-0.05, 0) is 52.9 Å². The van der Waals surface area contributed by atoms with Gasteiger partial charge in [-0.3, -0.25) is 14.5 Å². The molecule has 1 N–H and O–H groups in total. The molecular weight excluding hydrogens is 268 g/mol. The lowest BCUT2D eigenvalue weighted by Gasteiger charge is -2.40. The maximum Gasteiger partial charge on any atom is 0.305 e. The number of carboxylic acids is 1. The van der Waals surface area contributed by atoms with Gasteiger partial charge in [-0.25, -0.2) is 0 Å². The molecule has 2 heterocycles. The van der Waals surface area contributed by atoms with Crippen LogP contribution in [0.15, 0.2) is 0 Å². The summed E-state index contributed by atoms with van der Waals surface area (Å²) in [5, 5.41) is 9.05. The number of likely N-dealkylation sites (tertiary alicyclic amines) is 2. The largest absolute Gasteiger partial charge is 0.481 e. The van der Waals surface area contributed by atoms with E-state index in [1.807, 2.05) is 11.8 Å². The van der Waals surface area contributed by atoms with Crippen LogP contribution in [0.1, 0.15) is 59.3 Å². The van der Waals surface area contributed by atoms with E-state index in [4.69, 9.17) is 5.11 Å². The van der Waals surface area contributed by atoms with E-state index in [1.54, 1.807) is 0 Å². The van der Waals surface area contributed by atoms with Crippen molar-refractivity contribution in [2.45, 2.75) is 83.5 Å². The van der Waals surface area contributed by atoms with Crippen LogP contribution in [0.4, 0.5) is 0 Å². The van der Waals surface area contributed by atoms with Crippen LogP contribution in [0.25, 0.3) is 0 Å². The normalized spacial score (nSPS) is 32.1. The molecule has 120 valence electrons. The first-order valence-corrected chi connectivity index (χ1v) is 8.21. The summed E-state index contributed by atoms with van der Waals surface area (Å²) in [6, 6.07) is 0.592. The maximum absolute atomic E-state index is 12.9. The first kappa shape index (κ1) is 16.3. The van der Waals surface area contributed by atoms with Gasteiger partial charge in [0.2, 0.25) is 5.91 Å². The van der Waals surface area contributed by atoms with E-state index in [0.717, 1.165) is 32.1 Å². The average Bonchev–Trinajstić information content (AvgIpc) is 2.76. The zero-order valence-corrected chi connectivity index (χ0v) is 13.4. The van der Waals surface area contributed by atoms with Crippen molar-refractivity contribution in [2.75, 3.05) is 6.54 Å². The van der Waals surface area contributed by atoms with Crippen molar-refractivity contribution in [1.29, 1.82) is 0 Å². The minimum absolute atomic E-state index is 0.0730. The van der Waals surface area contributed by atoms with E-state index >= 15 is 0 Å². The lowest BCUT2D eigenvalue weighted by Crippen LogP contribution is -2.54. The van der Waals surface area contributed by atoms with Gasteiger partial charge in [-0.1, -0.05) is 0 Å². The van der Waals surface area contributed by atoms with Gasteiger partial charge in [0.1, 0.15) is 0 Å². The Morgan fingerprint density at radius 2 is 1.76 bits per heavy atom. The Bertz CT molecular complexity index is 389. The number of piperidine rings is 1. The molecule has 0 aromatic carbocycles. The molecular formula is C16H28N2O3. The molecule has 2 aliphatic rings. The average molecular weight is 296 g/mol. The van der Waals surface area contributed by atoms with Gasteiger partial charge < -0.3 is 10.0 Å². The van der Waals surface area contributed by atoms with Crippen LogP contribution in [0.5, 0.6) is 0 Å². The quantitative estimate of drug-likeness (QED) is 0.863. The van der Waals surface area contributed by atoms with Crippen LogP contribution in [-0.2, 0) is 9.59 Å². The Kier molecular flexibility index (Phi) is 5.25. The van der Waals surface area contributed by atoms with Gasteiger partial charge in [0.25, 0.3) is 0 Å². The van der Waals surface area contributed by atoms with E-state index in [2.05, 4.69) is 18.7 Å². The number of amides is 1. The molecule has 0 aliphatic carbocycles. The smallest absolute Gasteiger partial charge is 0.305 e. The molecule has 0 spiro atoms. The van der Waals surface area contributed by atoms with Crippen molar-refractivity contribution in [3.05, 3.63) is 0 Å². The van der Waals surface area contributed by atoms with Crippen LogP contribution < -0.4 is 0 Å². The van der Waals surface area contributed by atoms with Gasteiger partial charge >= 0.3 is 5.97 Å². The Hall–Kier alpha value is -1.10. The van der Waals surface area contributed by atoms with Crippen LogP contribution >= 0.6 is 0 Å². The number of rotatable bonds is 4. The number of hydrogen-bond acceptors (Lipinski definition) is 3. The van der Waals surface area contributed by atoms with E-state index in [1.165, 1.54) is 0 Å². The molecule has 2 aliphatic heterocycles. The highest BCUT2D eigenvalue weighted by Crippen LogP contribution is 2.28. The predicted molar refractivity (Wildman–Crippen MR) is 81.1 cm³/mol. The van der Waals surface area contributed by atoms with Gasteiger partial charge in [0, 0.05) is 24.7 Å². The summed E-state index contributed by atoms with van der Waals surface area (Å²) in [7, 11) is 0. The fourth-order valence-corrected chi connectivity index (χ4v) is 4.05. The summed E-state index contributed by atoms with van der Waals surface area (Å²) in [5.41, 5.74) is 0. The van der Waals surface area contributed by atoms with E-state index in [0.29, 0.717) is 18.6 Å². The monoisotopic (exact) mass is 296 g/mol. The number of carbonyl (C=O) groups excluding carboxylic acids is 1. The third kappa shape index (κ3) is 3.57. The third-order valence-corrected chi connectivity index (χ3v) is 5.15. The molecule has 0 radical (unpaired) electrons. The summed E-state index contributed by atoms with van der Waals surface area (Å²) in [5.74, 6) is -0.697. The lowest BCUT2D eigenvalue weighted by atomic mass is 9.98. The molecule has 5 nitrogen and oxygen atoms in total. The molecule has 2 saturated heterocycles. The number of carboxylic acid groups (broad SMARTS) is 1. The molecule has 2 rings (SSSR count). The summed E-state index contributed by atoms with van der Waals surface area (Å²) < 4.78 is 0. The molecule has 0 saturated carbocycles. The minimum atomic E-state index is -0.810. The van der Waals surface area contributed by atoms with Crippen molar-refractivity contribution in [1.82, 2.24) is 9.80 Å². The number of carbonyl (C=O) groups is 2. The molecule has 0 aromatic rings. The summed E-state index contributed by atoms with van der Waals surface area (Å²) in [6.07, 6.45) is 5.17. The SMILES string of the molecule is CC1CCC(C)N1C(C)C(=O)N1CCCCC1CC(=O)O. The minimum Gasteiger partial charge on any atom is -0.481 e. The van der Waals surface area contributed by atoms with Crippen molar-refractivity contribution in [3.63, 3.8) is 0 Å². The Balaban J connectivity index is 2.07. The second-order valence-electron chi connectivity index (χ2n) is 6.68. The van der Waals surface area contributed by atoms with Crippen LogP contribution in [0.2, 0.25) is 0 Å². The zero-order valence-electron chi connectivity index (χ0n) is 13.4.